The fourth-order valence-electron chi connectivity index (χ4n) is 1.34. The minimum absolute atomic E-state index is 0.452. The van der Waals surface area contributed by atoms with Crippen LogP contribution in [-0.4, -0.2) is 16.2 Å². The Morgan fingerprint density at radius 2 is 2.29 bits per heavy atom. The van der Waals surface area contributed by atoms with Crippen LogP contribution in [0.15, 0.2) is 35.3 Å². The van der Waals surface area contributed by atoms with Gasteiger partial charge in [-0.15, -0.1) is 11.3 Å². The molecule has 0 amide bonds. The summed E-state index contributed by atoms with van der Waals surface area (Å²) in [6, 6.07) is 0. The summed E-state index contributed by atoms with van der Waals surface area (Å²) in [6.07, 6.45) is 5.87. The minimum Gasteiger partial charge on any atom is -0.388 e. The third-order valence-corrected chi connectivity index (χ3v) is 3.31. The van der Waals surface area contributed by atoms with Gasteiger partial charge in [0.1, 0.15) is 0 Å². The van der Waals surface area contributed by atoms with Gasteiger partial charge in [0.25, 0.3) is 0 Å². The Morgan fingerprint density at radius 1 is 1.59 bits per heavy atom. The number of hydrogen-bond donors (Lipinski definition) is 1. The maximum absolute atomic E-state index is 9.96. The Morgan fingerprint density at radius 3 is 2.82 bits per heavy atom. The van der Waals surface area contributed by atoms with Crippen LogP contribution >= 0.6 is 11.3 Å². The van der Waals surface area contributed by atoms with Gasteiger partial charge >= 0.3 is 0 Å². The number of aliphatic hydroxyl groups excluding tert-OH is 1. The number of allylic oxidation sites excluding steroid dienone is 2. The van der Waals surface area contributed by atoms with E-state index in [4.69, 9.17) is 0 Å². The van der Waals surface area contributed by atoms with Gasteiger partial charge in [-0.2, -0.15) is 0 Å². The van der Waals surface area contributed by atoms with Gasteiger partial charge in [0.05, 0.1) is 16.8 Å². The molecular weight excluding hydrogens is 230 g/mol. The maximum atomic E-state index is 9.96. The fraction of sp³-hybridized carbons (Fsp3) is 0.357. The van der Waals surface area contributed by atoms with E-state index < -0.39 is 6.10 Å². The number of hydrogen-bond acceptors (Lipinski definition) is 3. The molecule has 1 aromatic rings. The van der Waals surface area contributed by atoms with Crippen LogP contribution in [0.3, 0.4) is 0 Å². The van der Waals surface area contributed by atoms with E-state index in [1.54, 1.807) is 17.4 Å². The Kier molecular flexibility index (Phi) is 5.32. The van der Waals surface area contributed by atoms with Gasteiger partial charge in [0.15, 0.2) is 0 Å². The Labute approximate surface area is 107 Å². The Balaban J connectivity index is 2.66. The molecule has 0 aliphatic rings. The number of thiazole rings is 1. The highest BCUT2D eigenvalue weighted by atomic mass is 32.1. The van der Waals surface area contributed by atoms with Gasteiger partial charge < -0.3 is 5.11 Å². The maximum Gasteiger partial charge on any atom is 0.0901 e. The van der Waals surface area contributed by atoms with Crippen molar-refractivity contribution in [3.05, 3.63) is 46.0 Å². The molecule has 0 spiro atoms. The van der Waals surface area contributed by atoms with Crippen molar-refractivity contribution in [1.82, 2.24) is 4.98 Å². The van der Waals surface area contributed by atoms with Gasteiger partial charge in [-0.05, 0) is 38.8 Å². The molecule has 0 radical (unpaired) electrons. The van der Waals surface area contributed by atoms with Crippen molar-refractivity contribution in [1.29, 1.82) is 0 Å². The molecule has 17 heavy (non-hydrogen) atoms. The summed E-state index contributed by atoms with van der Waals surface area (Å²) in [5.74, 6) is 0. The van der Waals surface area contributed by atoms with Gasteiger partial charge in [-0.25, -0.2) is 4.98 Å². The number of aromatic nitrogens is 1. The molecule has 92 valence electrons. The van der Waals surface area contributed by atoms with Crippen LogP contribution in [0.25, 0.3) is 6.08 Å². The SMILES string of the molecule is C=CC(C)=CC[C@H](O)C(C)=Cc1csc(C)n1. The summed E-state index contributed by atoms with van der Waals surface area (Å²) >= 11 is 1.62. The Bertz CT molecular complexity index is 443. The summed E-state index contributed by atoms with van der Waals surface area (Å²) in [4.78, 5) is 4.34. The molecule has 0 saturated heterocycles. The average Bonchev–Trinajstić information content (AvgIpc) is 2.70. The van der Waals surface area contributed by atoms with Crippen molar-refractivity contribution in [2.75, 3.05) is 0 Å². The quantitative estimate of drug-likeness (QED) is 0.806. The van der Waals surface area contributed by atoms with Gasteiger partial charge in [0, 0.05) is 5.38 Å². The molecule has 3 heteroatoms. The van der Waals surface area contributed by atoms with E-state index in [2.05, 4.69) is 11.6 Å². The first-order chi connectivity index (χ1) is 8.02. The molecule has 0 aliphatic carbocycles. The molecule has 0 saturated carbocycles. The van der Waals surface area contributed by atoms with E-state index in [0.29, 0.717) is 6.42 Å². The molecule has 1 rings (SSSR count). The van der Waals surface area contributed by atoms with Gasteiger partial charge in [0.2, 0.25) is 0 Å². The summed E-state index contributed by atoms with van der Waals surface area (Å²) < 4.78 is 0. The lowest BCUT2D eigenvalue weighted by molar-refractivity contribution is 0.215. The van der Waals surface area contributed by atoms with Crippen LogP contribution in [-0.2, 0) is 0 Å². The summed E-state index contributed by atoms with van der Waals surface area (Å²) in [5.41, 5.74) is 2.94. The predicted molar refractivity (Wildman–Crippen MR) is 75.1 cm³/mol. The van der Waals surface area contributed by atoms with E-state index in [1.165, 1.54) is 0 Å². The first-order valence-corrected chi connectivity index (χ1v) is 6.48. The largest absolute Gasteiger partial charge is 0.388 e. The monoisotopic (exact) mass is 249 g/mol. The highest BCUT2D eigenvalue weighted by Gasteiger charge is 2.05. The zero-order valence-electron chi connectivity index (χ0n) is 10.6. The van der Waals surface area contributed by atoms with Gasteiger partial charge in [-0.1, -0.05) is 24.3 Å². The highest BCUT2D eigenvalue weighted by Crippen LogP contribution is 2.15. The summed E-state index contributed by atoms with van der Waals surface area (Å²) in [6.45, 7) is 9.56. The molecule has 1 aromatic heterocycles. The van der Waals surface area contributed by atoms with Crippen LogP contribution in [0.1, 0.15) is 31.0 Å². The normalized spacial score (nSPS) is 14.8. The molecule has 0 aromatic carbocycles. The third kappa shape index (κ3) is 4.67. The first kappa shape index (κ1) is 13.9. The fourth-order valence-corrected chi connectivity index (χ4v) is 1.91. The second-order valence-corrected chi connectivity index (χ2v) is 5.15. The first-order valence-electron chi connectivity index (χ1n) is 5.60. The zero-order valence-corrected chi connectivity index (χ0v) is 11.4. The third-order valence-electron chi connectivity index (χ3n) is 2.52. The average molecular weight is 249 g/mol. The van der Waals surface area contributed by atoms with E-state index in [-0.39, 0.29) is 0 Å². The molecule has 0 unspecified atom stereocenters. The number of nitrogens with zero attached hydrogens (tertiary/aromatic N) is 1. The van der Waals surface area contributed by atoms with Crippen LogP contribution in [0.5, 0.6) is 0 Å². The molecule has 0 fully saturated rings. The minimum atomic E-state index is -0.452. The standard InChI is InChI=1S/C14H19NOS/c1-5-10(2)6-7-14(16)11(3)8-13-9-17-12(4)15-13/h5-6,8-9,14,16H,1,7H2,2-4H3/t14-/m0/s1. The molecule has 1 atom stereocenters. The molecule has 1 N–H and O–H groups in total. The second-order valence-electron chi connectivity index (χ2n) is 4.08. The molecule has 0 bridgehead atoms. The lowest BCUT2D eigenvalue weighted by Crippen LogP contribution is -2.06. The van der Waals surface area contributed by atoms with Crippen LogP contribution in [0.2, 0.25) is 0 Å². The van der Waals surface area contributed by atoms with Crippen molar-refractivity contribution in [3.63, 3.8) is 0 Å². The summed E-state index contributed by atoms with van der Waals surface area (Å²) in [7, 11) is 0. The van der Waals surface area contributed by atoms with Crippen LogP contribution in [0, 0.1) is 6.92 Å². The van der Waals surface area contributed by atoms with Crippen LogP contribution < -0.4 is 0 Å². The number of aliphatic hydroxyl groups is 1. The van der Waals surface area contributed by atoms with E-state index in [1.807, 2.05) is 38.3 Å². The number of rotatable bonds is 5. The van der Waals surface area contributed by atoms with E-state index in [9.17, 15) is 5.11 Å². The molecule has 2 nitrogen and oxygen atoms in total. The van der Waals surface area contributed by atoms with Crippen LogP contribution in [0.4, 0.5) is 0 Å². The molecule has 0 aliphatic heterocycles. The lowest BCUT2D eigenvalue weighted by atomic mass is 10.1. The Hall–Kier alpha value is -1.19. The predicted octanol–water partition coefficient (Wildman–Crippen LogP) is 3.74. The summed E-state index contributed by atoms with van der Waals surface area (Å²) in [5, 5.41) is 13.0. The van der Waals surface area contributed by atoms with E-state index >= 15 is 0 Å². The van der Waals surface area contributed by atoms with Crippen molar-refractivity contribution in [2.45, 2.75) is 33.3 Å². The van der Waals surface area contributed by atoms with Crippen molar-refractivity contribution in [3.8, 4) is 0 Å². The second kappa shape index (κ2) is 6.52. The lowest BCUT2D eigenvalue weighted by Gasteiger charge is -2.08. The number of aryl methyl sites for hydroxylation is 1. The van der Waals surface area contributed by atoms with E-state index in [0.717, 1.165) is 21.8 Å². The topological polar surface area (TPSA) is 33.1 Å². The smallest absolute Gasteiger partial charge is 0.0901 e. The highest BCUT2D eigenvalue weighted by molar-refractivity contribution is 7.09. The van der Waals surface area contributed by atoms with Crippen molar-refractivity contribution >= 4 is 17.4 Å². The molecular formula is C14H19NOS. The zero-order chi connectivity index (χ0) is 12.8. The molecule has 1 heterocycles. The van der Waals surface area contributed by atoms with Crippen molar-refractivity contribution < 1.29 is 5.11 Å². The van der Waals surface area contributed by atoms with Crippen molar-refractivity contribution in [2.24, 2.45) is 0 Å². The van der Waals surface area contributed by atoms with Gasteiger partial charge in [-0.3, -0.25) is 0 Å².